The Hall–Kier alpha value is -3.00. The van der Waals surface area contributed by atoms with Crippen LogP contribution in [0.5, 0.6) is 0 Å². The van der Waals surface area contributed by atoms with Gasteiger partial charge in [0, 0.05) is 13.7 Å². The number of fused-ring (bicyclic) bond motifs is 1. The lowest BCUT2D eigenvalue weighted by Gasteiger charge is -2.07. The summed E-state index contributed by atoms with van der Waals surface area (Å²) in [6.07, 6.45) is 0. The first-order chi connectivity index (χ1) is 12.5. The summed E-state index contributed by atoms with van der Waals surface area (Å²) in [4.78, 5) is 24.8. The van der Waals surface area contributed by atoms with E-state index in [4.69, 9.17) is 4.74 Å². The zero-order chi connectivity index (χ0) is 18.7. The van der Waals surface area contributed by atoms with Crippen molar-refractivity contribution in [3.05, 3.63) is 52.1 Å². The van der Waals surface area contributed by atoms with E-state index in [9.17, 15) is 9.59 Å². The second kappa shape index (κ2) is 7.49. The molecule has 0 atom stereocenters. The van der Waals surface area contributed by atoms with Gasteiger partial charge < -0.3 is 10.1 Å². The number of para-hydroxylation sites is 1. The molecule has 3 rings (SSSR count). The molecule has 1 aromatic carbocycles. The highest BCUT2D eigenvalue weighted by Gasteiger charge is 2.18. The molecule has 0 aliphatic heterocycles. The number of rotatable bonds is 6. The van der Waals surface area contributed by atoms with Gasteiger partial charge in [-0.3, -0.25) is 9.59 Å². The Labute approximate surface area is 150 Å². The van der Waals surface area contributed by atoms with Gasteiger partial charge in [0.25, 0.3) is 5.56 Å². The van der Waals surface area contributed by atoms with Crippen LogP contribution >= 0.6 is 0 Å². The second-order valence-electron chi connectivity index (χ2n) is 5.95. The van der Waals surface area contributed by atoms with Crippen LogP contribution in [0.25, 0.3) is 16.6 Å². The van der Waals surface area contributed by atoms with Crippen molar-refractivity contribution in [2.24, 2.45) is 0 Å². The van der Waals surface area contributed by atoms with Gasteiger partial charge in [0.15, 0.2) is 5.52 Å². The molecular weight excluding hydrogens is 334 g/mol. The molecule has 26 heavy (non-hydrogen) atoms. The Morgan fingerprint density at radius 3 is 2.62 bits per heavy atom. The largest absolute Gasteiger partial charge is 0.383 e. The Morgan fingerprint density at radius 1 is 1.19 bits per heavy atom. The molecule has 0 radical (unpaired) electrons. The molecule has 0 aliphatic carbocycles. The molecule has 1 amide bonds. The predicted octanol–water partition coefficient (Wildman–Crippen LogP) is 0.962. The van der Waals surface area contributed by atoms with Crippen molar-refractivity contribution in [2.75, 3.05) is 20.3 Å². The summed E-state index contributed by atoms with van der Waals surface area (Å²) in [7, 11) is 1.56. The SMILES string of the molecule is COCCNC(=O)Cn1nc(C)c2c(C)n(-c3ccccc3)nc2c1=O. The minimum atomic E-state index is -0.384. The molecule has 8 nitrogen and oxygen atoms in total. The van der Waals surface area contributed by atoms with Crippen LogP contribution in [0, 0.1) is 13.8 Å². The third-order valence-corrected chi connectivity index (χ3v) is 4.11. The van der Waals surface area contributed by atoms with Crippen molar-refractivity contribution in [3.63, 3.8) is 0 Å². The van der Waals surface area contributed by atoms with E-state index in [1.165, 1.54) is 0 Å². The molecule has 0 spiro atoms. The first kappa shape index (κ1) is 17.8. The number of nitrogens with one attached hydrogen (secondary N) is 1. The smallest absolute Gasteiger partial charge is 0.295 e. The third-order valence-electron chi connectivity index (χ3n) is 4.11. The highest BCUT2D eigenvalue weighted by atomic mass is 16.5. The fourth-order valence-corrected chi connectivity index (χ4v) is 2.90. The first-order valence-electron chi connectivity index (χ1n) is 8.31. The molecule has 0 saturated heterocycles. The van der Waals surface area contributed by atoms with Crippen molar-refractivity contribution >= 4 is 16.8 Å². The number of hydrogen-bond acceptors (Lipinski definition) is 5. The monoisotopic (exact) mass is 355 g/mol. The van der Waals surface area contributed by atoms with Gasteiger partial charge in [0.2, 0.25) is 5.91 Å². The second-order valence-corrected chi connectivity index (χ2v) is 5.95. The van der Waals surface area contributed by atoms with Crippen LogP contribution in [-0.2, 0) is 16.1 Å². The molecule has 0 aliphatic rings. The van der Waals surface area contributed by atoms with E-state index < -0.39 is 0 Å². The van der Waals surface area contributed by atoms with Gasteiger partial charge in [0.1, 0.15) is 6.54 Å². The molecular formula is C18H21N5O3. The fraction of sp³-hybridized carbons (Fsp3) is 0.333. The van der Waals surface area contributed by atoms with E-state index in [2.05, 4.69) is 15.5 Å². The maximum Gasteiger partial charge on any atom is 0.295 e. The summed E-state index contributed by atoms with van der Waals surface area (Å²) in [5.74, 6) is -0.297. The Balaban J connectivity index is 2.00. The average Bonchev–Trinajstić information content (AvgIpc) is 2.98. The lowest BCUT2D eigenvalue weighted by Crippen LogP contribution is -2.35. The van der Waals surface area contributed by atoms with E-state index in [1.807, 2.05) is 44.2 Å². The number of nitrogens with zero attached hydrogens (tertiary/aromatic N) is 4. The van der Waals surface area contributed by atoms with Gasteiger partial charge in [-0.05, 0) is 26.0 Å². The number of hydrogen-bond donors (Lipinski definition) is 1. The van der Waals surface area contributed by atoms with E-state index in [0.717, 1.165) is 21.4 Å². The molecule has 136 valence electrons. The molecule has 0 saturated carbocycles. The number of amides is 1. The summed E-state index contributed by atoms with van der Waals surface area (Å²) < 4.78 is 7.77. The highest BCUT2D eigenvalue weighted by Crippen LogP contribution is 2.20. The van der Waals surface area contributed by atoms with Gasteiger partial charge in [-0.2, -0.15) is 10.2 Å². The molecule has 1 N–H and O–H groups in total. The van der Waals surface area contributed by atoms with Gasteiger partial charge in [-0.1, -0.05) is 18.2 Å². The lowest BCUT2D eigenvalue weighted by atomic mass is 10.2. The zero-order valence-corrected chi connectivity index (χ0v) is 15.0. The van der Waals surface area contributed by atoms with Crippen molar-refractivity contribution in [1.82, 2.24) is 24.9 Å². The number of aryl methyl sites for hydroxylation is 2. The molecule has 2 aromatic heterocycles. The first-order valence-corrected chi connectivity index (χ1v) is 8.31. The van der Waals surface area contributed by atoms with Crippen LogP contribution in [0.15, 0.2) is 35.1 Å². The maximum atomic E-state index is 12.8. The van der Waals surface area contributed by atoms with Gasteiger partial charge in [0.05, 0.1) is 29.1 Å². The van der Waals surface area contributed by atoms with E-state index in [-0.39, 0.29) is 18.0 Å². The van der Waals surface area contributed by atoms with Crippen LogP contribution in [0.3, 0.4) is 0 Å². The Kier molecular flexibility index (Phi) is 5.13. The zero-order valence-electron chi connectivity index (χ0n) is 15.0. The van der Waals surface area contributed by atoms with Gasteiger partial charge in [-0.15, -0.1) is 0 Å². The Bertz CT molecular complexity index is 991. The van der Waals surface area contributed by atoms with Crippen LogP contribution in [0.4, 0.5) is 0 Å². The summed E-state index contributed by atoms with van der Waals surface area (Å²) in [5, 5.41) is 12.2. The third kappa shape index (κ3) is 3.36. The van der Waals surface area contributed by atoms with Crippen molar-refractivity contribution in [2.45, 2.75) is 20.4 Å². The number of methoxy groups -OCH3 is 1. The van der Waals surface area contributed by atoms with Gasteiger partial charge >= 0.3 is 0 Å². The summed E-state index contributed by atoms with van der Waals surface area (Å²) in [6, 6.07) is 9.58. The van der Waals surface area contributed by atoms with E-state index >= 15 is 0 Å². The topological polar surface area (TPSA) is 91.0 Å². The number of benzene rings is 1. The van der Waals surface area contributed by atoms with Crippen molar-refractivity contribution in [1.29, 1.82) is 0 Å². The van der Waals surface area contributed by atoms with Crippen LogP contribution < -0.4 is 10.9 Å². The standard InChI is InChI=1S/C18H21N5O3/c1-12-16-13(2)23(14-7-5-4-6-8-14)21-17(16)18(25)22(20-12)11-15(24)19-9-10-26-3/h4-8H,9-11H2,1-3H3,(H,19,24). The normalized spacial score (nSPS) is 11.0. The van der Waals surface area contributed by atoms with Crippen LogP contribution in [0.1, 0.15) is 11.4 Å². The number of carbonyl (C=O) groups excluding carboxylic acids is 1. The van der Waals surface area contributed by atoms with Crippen molar-refractivity contribution in [3.8, 4) is 5.69 Å². The predicted molar refractivity (Wildman–Crippen MR) is 97.5 cm³/mol. The molecule has 0 bridgehead atoms. The van der Waals surface area contributed by atoms with Crippen LogP contribution in [0.2, 0.25) is 0 Å². The number of ether oxygens (including phenoxy) is 1. The maximum absolute atomic E-state index is 12.8. The summed E-state index contributed by atoms with van der Waals surface area (Å²) >= 11 is 0. The average molecular weight is 355 g/mol. The minimum Gasteiger partial charge on any atom is -0.383 e. The quantitative estimate of drug-likeness (QED) is 0.665. The lowest BCUT2D eigenvalue weighted by molar-refractivity contribution is -0.122. The fourth-order valence-electron chi connectivity index (χ4n) is 2.90. The Morgan fingerprint density at radius 2 is 1.92 bits per heavy atom. The molecule has 0 unspecified atom stereocenters. The molecule has 3 aromatic rings. The molecule has 8 heteroatoms. The van der Waals surface area contributed by atoms with Crippen molar-refractivity contribution < 1.29 is 9.53 Å². The number of carbonyl (C=O) groups is 1. The van der Waals surface area contributed by atoms with E-state index in [0.29, 0.717) is 24.4 Å². The molecule has 0 fully saturated rings. The number of aromatic nitrogens is 4. The van der Waals surface area contributed by atoms with E-state index in [1.54, 1.807) is 11.8 Å². The highest BCUT2D eigenvalue weighted by molar-refractivity contribution is 5.83. The van der Waals surface area contributed by atoms with Gasteiger partial charge in [-0.25, -0.2) is 9.36 Å². The summed E-state index contributed by atoms with van der Waals surface area (Å²) in [6.45, 7) is 4.35. The molecule has 2 heterocycles. The summed E-state index contributed by atoms with van der Waals surface area (Å²) in [5.41, 5.74) is 2.28. The minimum absolute atomic E-state index is 0.156. The van der Waals surface area contributed by atoms with Crippen LogP contribution in [-0.4, -0.2) is 45.7 Å².